The topological polar surface area (TPSA) is 80.9 Å². The van der Waals surface area contributed by atoms with Gasteiger partial charge < -0.3 is 9.15 Å². The van der Waals surface area contributed by atoms with Crippen molar-refractivity contribution >= 4 is 15.9 Å². The number of rotatable bonds is 5. The maximum absolute atomic E-state index is 12.1. The molecule has 1 aliphatic heterocycles. The molecule has 0 radical (unpaired) electrons. The molecule has 7 heteroatoms. The summed E-state index contributed by atoms with van der Waals surface area (Å²) in [7, 11) is -1.98. The van der Waals surface area contributed by atoms with Crippen molar-refractivity contribution in [1.29, 1.82) is 0 Å². The average Bonchev–Trinajstić information content (AvgIpc) is 3.11. The first-order chi connectivity index (χ1) is 11.0. The van der Waals surface area contributed by atoms with Gasteiger partial charge in [0.25, 0.3) is 10.0 Å². The molecule has 0 saturated carbocycles. The van der Waals surface area contributed by atoms with Crippen LogP contribution in [0.15, 0.2) is 50.7 Å². The minimum atomic E-state index is -3.55. The molecule has 1 aromatic carbocycles. The van der Waals surface area contributed by atoms with Gasteiger partial charge in [0, 0.05) is 19.1 Å². The summed E-state index contributed by atoms with van der Waals surface area (Å²) >= 11 is 0. The van der Waals surface area contributed by atoms with Crippen LogP contribution in [-0.2, 0) is 21.2 Å². The Kier molecular flexibility index (Phi) is 4.23. The number of amidine groups is 1. The van der Waals surface area contributed by atoms with Gasteiger partial charge in [0.1, 0.15) is 23.4 Å². The SMILES string of the molecule is CCc1ccc([C@@H](COC)N=C2NS(=O)(=O)c3ccccc32)o1. The molecule has 0 unspecified atom stereocenters. The number of benzene rings is 1. The van der Waals surface area contributed by atoms with E-state index < -0.39 is 16.1 Å². The van der Waals surface area contributed by atoms with Crippen molar-refractivity contribution in [2.45, 2.75) is 24.3 Å². The van der Waals surface area contributed by atoms with Crippen LogP contribution in [0.25, 0.3) is 0 Å². The van der Waals surface area contributed by atoms with Crippen LogP contribution in [0.3, 0.4) is 0 Å². The highest BCUT2D eigenvalue weighted by atomic mass is 32.2. The van der Waals surface area contributed by atoms with E-state index >= 15 is 0 Å². The first-order valence-corrected chi connectivity index (χ1v) is 8.81. The quantitative estimate of drug-likeness (QED) is 0.909. The third-order valence-electron chi connectivity index (χ3n) is 3.63. The van der Waals surface area contributed by atoms with Gasteiger partial charge >= 0.3 is 0 Å². The summed E-state index contributed by atoms with van der Waals surface area (Å²) in [6.07, 6.45) is 0.783. The Bertz CT molecular complexity index is 839. The fourth-order valence-corrected chi connectivity index (χ4v) is 3.73. The number of aliphatic imine (C=N–C) groups is 1. The van der Waals surface area contributed by atoms with E-state index in [-0.39, 0.29) is 4.90 Å². The minimum Gasteiger partial charge on any atom is -0.464 e. The maximum Gasteiger partial charge on any atom is 0.263 e. The lowest BCUT2D eigenvalue weighted by Gasteiger charge is -2.10. The Morgan fingerprint density at radius 1 is 1.26 bits per heavy atom. The summed E-state index contributed by atoms with van der Waals surface area (Å²) < 4.78 is 37.7. The van der Waals surface area contributed by atoms with Gasteiger partial charge in [-0.2, -0.15) is 0 Å². The molecule has 2 aromatic rings. The van der Waals surface area contributed by atoms with Crippen LogP contribution >= 0.6 is 0 Å². The zero-order chi connectivity index (χ0) is 16.4. The molecule has 2 heterocycles. The van der Waals surface area contributed by atoms with E-state index in [2.05, 4.69) is 9.71 Å². The zero-order valence-electron chi connectivity index (χ0n) is 12.9. The van der Waals surface area contributed by atoms with Crippen LogP contribution in [0.2, 0.25) is 0 Å². The molecular formula is C16H18N2O4S. The molecular weight excluding hydrogens is 316 g/mol. The standard InChI is InChI=1S/C16H18N2O4S/c1-3-11-8-9-14(22-11)13(10-21-2)17-16-12-6-4-5-7-15(12)23(19,20)18-16/h4-9,13H,3,10H2,1-2H3,(H,17,18)/t13-/m1/s1. The largest absolute Gasteiger partial charge is 0.464 e. The number of ether oxygens (including phenoxy) is 1. The molecule has 0 spiro atoms. The van der Waals surface area contributed by atoms with E-state index in [4.69, 9.17) is 9.15 Å². The van der Waals surface area contributed by atoms with Crippen LogP contribution in [0.1, 0.15) is 30.0 Å². The normalized spacial score (nSPS) is 18.6. The second-order valence-corrected chi connectivity index (χ2v) is 6.86. The number of fused-ring (bicyclic) bond motifs is 1. The number of hydrogen-bond donors (Lipinski definition) is 1. The maximum atomic E-state index is 12.1. The fourth-order valence-electron chi connectivity index (χ4n) is 2.49. The molecule has 3 rings (SSSR count). The van der Waals surface area contributed by atoms with Crippen molar-refractivity contribution in [3.05, 3.63) is 53.5 Å². The molecule has 0 amide bonds. The van der Waals surface area contributed by atoms with Crippen LogP contribution in [0, 0.1) is 0 Å². The van der Waals surface area contributed by atoms with Crippen LogP contribution < -0.4 is 4.72 Å². The van der Waals surface area contributed by atoms with E-state index in [1.807, 2.05) is 19.1 Å². The van der Waals surface area contributed by atoms with Gasteiger partial charge in [0.2, 0.25) is 0 Å². The van der Waals surface area contributed by atoms with E-state index in [0.717, 1.165) is 12.2 Å². The van der Waals surface area contributed by atoms with Crippen LogP contribution in [0.5, 0.6) is 0 Å². The average molecular weight is 334 g/mol. The molecule has 0 fully saturated rings. The van der Waals surface area contributed by atoms with Crippen molar-refractivity contribution < 1.29 is 17.6 Å². The highest BCUT2D eigenvalue weighted by molar-refractivity contribution is 7.90. The Balaban J connectivity index is 2.01. The Hall–Kier alpha value is -2.12. The molecule has 0 aliphatic carbocycles. The number of furan rings is 1. The van der Waals surface area contributed by atoms with Crippen molar-refractivity contribution in [3.63, 3.8) is 0 Å². The molecule has 122 valence electrons. The molecule has 23 heavy (non-hydrogen) atoms. The number of hydrogen-bond acceptors (Lipinski definition) is 5. The third kappa shape index (κ3) is 3.02. The Morgan fingerprint density at radius 2 is 2.04 bits per heavy atom. The van der Waals surface area contributed by atoms with E-state index in [0.29, 0.717) is 23.8 Å². The third-order valence-corrected chi connectivity index (χ3v) is 5.03. The van der Waals surface area contributed by atoms with E-state index in [9.17, 15) is 8.42 Å². The molecule has 1 atom stereocenters. The second kappa shape index (κ2) is 6.17. The molecule has 1 N–H and O–H groups in total. The first kappa shape index (κ1) is 15.8. The molecule has 0 saturated heterocycles. The lowest BCUT2D eigenvalue weighted by Crippen LogP contribution is -2.23. The molecule has 6 nitrogen and oxygen atoms in total. The lowest BCUT2D eigenvalue weighted by molar-refractivity contribution is 0.172. The number of methoxy groups -OCH3 is 1. The number of nitrogens with one attached hydrogen (secondary N) is 1. The Morgan fingerprint density at radius 3 is 2.74 bits per heavy atom. The highest BCUT2D eigenvalue weighted by Crippen LogP contribution is 2.26. The van der Waals surface area contributed by atoms with Crippen LogP contribution in [0.4, 0.5) is 0 Å². The summed E-state index contributed by atoms with van der Waals surface area (Å²) in [5.41, 5.74) is 0.566. The predicted molar refractivity (Wildman–Crippen MR) is 86.0 cm³/mol. The summed E-state index contributed by atoms with van der Waals surface area (Å²) in [6, 6.07) is 10.1. The smallest absolute Gasteiger partial charge is 0.263 e. The van der Waals surface area contributed by atoms with E-state index in [1.54, 1.807) is 31.4 Å². The number of sulfonamides is 1. The van der Waals surface area contributed by atoms with Crippen molar-refractivity contribution in [3.8, 4) is 0 Å². The first-order valence-electron chi connectivity index (χ1n) is 7.32. The van der Waals surface area contributed by atoms with Gasteiger partial charge in [0.05, 0.1) is 11.5 Å². The fraction of sp³-hybridized carbons (Fsp3) is 0.312. The summed E-state index contributed by atoms with van der Waals surface area (Å²) in [5, 5.41) is 0. The molecule has 1 aliphatic rings. The van der Waals surface area contributed by atoms with Crippen molar-refractivity contribution in [2.24, 2.45) is 4.99 Å². The van der Waals surface area contributed by atoms with Gasteiger partial charge in [-0.1, -0.05) is 19.1 Å². The zero-order valence-corrected chi connectivity index (χ0v) is 13.8. The lowest BCUT2D eigenvalue weighted by atomic mass is 10.2. The molecule has 1 aromatic heterocycles. The second-order valence-electron chi connectivity index (χ2n) is 5.21. The van der Waals surface area contributed by atoms with E-state index in [1.165, 1.54) is 0 Å². The van der Waals surface area contributed by atoms with Gasteiger partial charge in [-0.3, -0.25) is 9.71 Å². The summed E-state index contributed by atoms with van der Waals surface area (Å²) in [5.74, 6) is 1.82. The monoisotopic (exact) mass is 334 g/mol. The Labute approximate surface area is 135 Å². The molecule has 0 bridgehead atoms. The highest BCUT2D eigenvalue weighted by Gasteiger charge is 2.31. The van der Waals surface area contributed by atoms with Gasteiger partial charge in [-0.15, -0.1) is 0 Å². The van der Waals surface area contributed by atoms with Crippen molar-refractivity contribution in [1.82, 2.24) is 4.72 Å². The number of nitrogens with zero attached hydrogens (tertiary/aromatic N) is 1. The van der Waals surface area contributed by atoms with Gasteiger partial charge in [0.15, 0.2) is 0 Å². The van der Waals surface area contributed by atoms with Crippen LogP contribution in [-0.4, -0.2) is 28.0 Å². The minimum absolute atomic E-state index is 0.239. The predicted octanol–water partition coefficient (Wildman–Crippen LogP) is 2.27. The summed E-state index contributed by atoms with van der Waals surface area (Å²) in [6.45, 7) is 2.30. The number of aryl methyl sites for hydroxylation is 1. The van der Waals surface area contributed by atoms with Crippen molar-refractivity contribution in [2.75, 3.05) is 13.7 Å². The van der Waals surface area contributed by atoms with Gasteiger partial charge in [-0.25, -0.2) is 8.42 Å². The summed E-state index contributed by atoms with van der Waals surface area (Å²) in [4.78, 5) is 4.77. The van der Waals surface area contributed by atoms with Gasteiger partial charge in [-0.05, 0) is 24.3 Å².